The van der Waals surface area contributed by atoms with Crippen LogP contribution in [-0.2, 0) is 0 Å². The number of piperidine rings is 1. The van der Waals surface area contributed by atoms with Crippen LogP contribution in [0.15, 0.2) is 23.9 Å². The van der Waals surface area contributed by atoms with Gasteiger partial charge in [0.25, 0.3) is 0 Å². The smallest absolute Gasteiger partial charge is 0.412 e. The van der Waals surface area contributed by atoms with Crippen LogP contribution in [0, 0.1) is 0 Å². The summed E-state index contributed by atoms with van der Waals surface area (Å²) >= 11 is 0. The van der Waals surface area contributed by atoms with Crippen LogP contribution in [0.1, 0.15) is 12.8 Å². The van der Waals surface area contributed by atoms with Gasteiger partial charge in [0, 0.05) is 0 Å². The zero-order chi connectivity index (χ0) is 15.0. The molecule has 0 radical (unpaired) electrons. The highest BCUT2D eigenvalue weighted by molar-refractivity contribution is 5.70. The van der Waals surface area contributed by atoms with Gasteiger partial charge in [-0.2, -0.15) is 13.2 Å². The van der Waals surface area contributed by atoms with E-state index in [2.05, 4.69) is 5.32 Å². The fourth-order valence-electron chi connectivity index (χ4n) is 2.52. The fraction of sp³-hybridized carbons (Fsp3) is 0.583. The third-order valence-corrected chi connectivity index (χ3v) is 3.53. The summed E-state index contributed by atoms with van der Waals surface area (Å²) in [5.74, 6) is 0. The molecular formula is C12H15F3N2O3. The van der Waals surface area contributed by atoms with Crippen molar-refractivity contribution in [2.45, 2.75) is 30.7 Å². The van der Waals surface area contributed by atoms with Gasteiger partial charge in [-0.3, -0.25) is 4.90 Å². The topological polar surface area (TPSA) is 72.8 Å². The van der Waals surface area contributed by atoms with Gasteiger partial charge >= 0.3 is 12.3 Å². The van der Waals surface area contributed by atoms with Crippen molar-refractivity contribution in [3.8, 4) is 0 Å². The Bertz CT molecular complexity index is 453. The minimum atomic E-state index is -4.72. The number of hydrogen-bond acceptors (Lipinski definition) is 3. The van der Waals surface area contributed by atoms with E-state index in [1.165, 1.54) is 6.08 Å². The SMILES string of the molecule is O=C(O)N1C(C2(O)CCNCC2)=CC=CC1C(F)(F)F. The first-order valence-corrected chi connectivity index (χ1v) is 6.17. The second-order valence-electron chi connectivity index (χ2n) is 4.86. The van der Waals surface area contributed by atoms with Gasteiger partial charge in [0.2, 0.25) is 0 Å². The van der Waals surface area contributed by atoms with Crippen LogP contribution in [0.3, 0.4) is 0 Å². The van der Waals surface area contributed by atoms with E-state index in [1.807, 2.05) is 0 Å². The van der Waals surface area contributed by atoms with Crippen LogP contribution in [0.25, 0.3) is 0 Å². The number of carboxylic acid groups (broad SMARTS) is 1. The van der Waals surface area contributed by atoms with Crippen molar-refractivity contribution in [2.75, 3.05) is 13.1 Å². The molecule has 3 N–H and O–H groups in total. The first-order chi connectivity index (χ1) is 9.26. The lowest BCUT2D eigenvalue weighted by atomic mass is 9.86. The third-order valence-electron chi connectivity index (χ3n) is 3.53. The Morgan fingerprint density at radius 2 is 2.00 bits per heavy atom. The molecule has 112 valence electrons. The van der Waals surface area contributed by atoms with Gasteiger partial charge in [0.1, 0.15) is 5.60 Å². The van der Waals surface area contributed by atoms with E-state index < -0.39 is 23.9 Å². The van der Waals surface area contributed by atoms with Crippen LogP contribution >= 0.6 is 0 Å². The molecule has 1 unspecified atom stereocenters. The van der Waals surface area contributed by atoms with Crippen molar-refractivity contribution in [3.05, 3.63) is 23.9 Å². The number of hydrogen-bond donors (Lipinski definition) is 3. The molecule has 20 heavy (non-hydrogen) atoms. The van der Waals surface area contributed by atoms with E-state index in [1.54, 1.807) is 0 Å². The molecule has 2 rings (SSSR count). The Morgan fingerprint density at radius 3 is 2.50 bits per heavy atom. The van der Waals surface area contributed by atoms with E-state index in [0.717, 1.165) is 12.2 Å². The van der Waals surface area contributed by atoms with Crippen molar-refractivity contribution < 1.29 is 28.2 Å². The predicted octanol–water partition coefficient (Wildman–Crippen LogP) is 1.47. The Labute approximate surface area is 113 Å². The summed E-state index contributed by atoms with van der Waals surface area (Å²) in [5, 5.41) is 22.6. The van der Waals surface area contributed by atoms with Gasteiger partial charge in [0.05, 0.1) is 5.70 Å². The average Bonchev–Trinajstić information content (AvgIpc) is 2.37. The van der Waals surface area contributed by atoms with E-state index in [4.69, 9.17) is 5.11 Å². The molecule has 0 aromatic heterocycles. The molecule has 2 aliphatic rings. The number of alkyl halides is 3. The molecule has 0 spiro atoms. The van der Waals surface area contributed by atoms with Crippen LogP contribution in [0.2, 0.25) is 0 Å². The molecule has 1 atom stereocenters. The summed E-state index contributed by atoms with van der Waals surface area (Å²) in [7, 11) is 0. The molecule has 0 aromatic carbocycles. The van der Waals surface area contributed by atoms with Gasteiger partial charge in [0.15, 0.2) is 6.04 Å². The predicted molar refractivity (Wildman–Crippen MR) is 64.0 cm³/mol. The van der Waals surface area contributed by atoms with Crippen molar-refractivity contribution in [3.63, 3.8) is 0 Å². The molecule has 1 saturated heterocycles. The molecule has 2 heterocycles. The van der Waals surface area contributed by atoms with Gasteiger partial charge in [-0.1, -0.05) is 12.2 Å². The molecule has 8 heteroatoms. The van der Waals surface area contributed by atoms with Crippen LogP contribution in [0.5, 0.6) is 0 Å². The number of aliphatic hydroxyl groups is 1. The zero-order valence-electron chi connectivity index (χ0n) is 10.5. The van der Waals surface area contributed by atoms with E-state index >= 15 is 0 Å². The first kappa shape index (κ1) is 14.9. The summed E-state index contributed by atoms with van der Waals surface area (Å²) in [6.45, 7) is 0.837. The molecule has 0 bridgehead atoms. The minimum absolute atomic E-state index is 0.168. The summed E-state index contributed by atoms with van der Waals surface area (Å²) in [6, 6.07) is -2.26. The lowest BCUT2D eigenvalue weighted by Crippen LogP contribution is -2.55. The maximum absolute atomic E-state index is 12.9. The Morgan fingerprint density at radius 1 is 1.40 bits per heavy atom. The van der Waals surface area contributed by atoms with Gasteiger partial charge < -0.3 is 15.5 Å². The van der Waals surface area contributed by atoms with Crippen molar-refractivity contribution in [2.24, 2.45) is 0 Å². The second-order valence-corrected chi connectivity index (χ2v) is 4.86. The number of carbonyl (C=O) groups is 1. The second kappa shape index (κ2) is 5.10. The molecule has 0 aliphatic carbocycles. The number of rotatable bonds is 1. The highest BCUT2D eigenvalue weighted by atomic mass is 19.4. The maximum Gasteiger partial charge on any atom is 0.412 e. The minimum Gasteiger partial charge on any atom is -0.465 e. The normalized spacial score (nSPS) is 26.3. The largest absolute Gasteiger partial charge is 0.465 e. The molecular weight excluding hydrogens is 277 g/mol. The number of halogens is 3. The lowest BCUT2D eigenvalue weighted by Gasteiger charge is -2.42. The van der Waals surface area contributed by atoms with Gasteiger partial charge in [-0.25, -0.2) is 4.79 Å². The van der Waals surface area contributed by atoms with Gasteiger partial charge in [-0.05, 0) is 32.0 Å². The highest BCUT2D eigenvalue weighted by Crippen LogP contribution is 2.37. The fourth-order valence-corrected chi connectivity index (χ4v) is 2.52. The monoisotopic (exact) mass is 292 g/mol. The van der Waals surface area contributed by atoms with Crippen LogP contribution in [-0.4, -0.2) is 52.1 Å². The molecule has 5 nitrogen and oxygen atoms in total. The highest BCUT2D eigenvalue weighted by Gasteiger charge is 2.50. The summed E-state index contributed by atoms with van der Waals surface area (Å²) < 4.78 is 38.8. The van der Waals surface area contributed by atoms with E-state index in [0.29, 0.717) is 13.1 Å². The Hall–Kier alpha value is -1.54. The summed E-state index contributed by atoms with van der Waals surface area (Å²) in [5.41, 5.74) is -1.77. The molecule has 0 saturated carbocycles. The summed E-state index contributed by atoms with van der Waals surface area (Å²) in [6.07, 6.45) is -2.97. The number of nitrogens with one attached hydrogen (secondary N) is 1. The Balaban J connectivity index is 2.38. The van der Waals surface area contributed by atoms with Crippen molar-refractivity contribution in [1.29, 1.82) is 0 Å². The quantitative estimate of drug-likeness (QED) is 0.684. The maximum atomic E-state index is 12.9. The zero-order valence-corrected chi connectivity index (χ0v) is 10.5. The van der Waals surface area contributed by atoms with Crippen molar-refractivity contribution >= 4 is 6.09 Å². The molecule has 1 amide bonds. The first-order valence-electron chi connectivity index (χ1n) is 6.17. The van der Waals surface area contributed by atoms with E-state index in [-0.39, 0.29) is 23.4 Å². The van der Waals surface area contributed by atoms with E-state index in [9.17, 15) is 23.1 Å². The van der Waals surface area contributed by atoms with Crippen LogP contribution in [0.4, 0.5) is 18.0 Å². The molecule has 0 aromatic rings. The standard InChI is InChI=1S/C12H15F3N2O3/c13-12(14,15)9-3-1-2-8(17(9)10(18)19)11(20)4-6-16-7-5-11/h1-3,9,16,20H,4-7H2,(H,18,19). The molecule has 2 aliphatic heterocycles. The Kier molecular flexibility index (Phi) is 3.79. The third kappa shape index (κ3) is 2.66. The number of amides is 1. The number of allylic oxidation sites excluding steroid dienone is 2. The number of nitrogens with zero attached hydrogens (tertiary/aromatic N) is 1. The van der Waals surface area contributed by atoms with Crippen LogP contribution < -0.4 is 5.32 Å². The lowest BCUT2D eigenvalue weighted by molar-refractivity contribution is -0.165. The molecule has 1 fully saturated rings. The average molecular weight is 292 g/mol. The summed E-state index contributed by atoms with van der Waals surface area (Å²) in [4.78, 5) is 11.4. The van der Waals surface area contributed by atoms with Gasteiger partial charge in [-0.15, -0.1) is 0 Å². The van der Waals surface area contributed by atoms with Crippen molar-refractivity contribution in [1.82, 2.24) is 10.2 Å².